The maximum absolute atomic E-state index is 13.5. The van der Waals surface area contributed by atoms with Crippen LogP contribution in [0.1, 0.15) is 62.1 Å². The summed E-state index contributed by atoms with van der Waals surface area (Å²) in [5.74, 6) is -5.46. The second-order valence-electron chi connectivity index (χ2n) is 30.1. The summed E-state index contributed by atoms with van der Waals surface area (Å²) >= 11 is 0. The van der Waals surface area contributed by atoms with Gasteiger partial charge in [0, 0.05) is 144 Å². The van der Waals surface area contributed by atoms with Gasteiger partial charge in [-0.3, -0.25) is 58.7 Å². The lowest BCUT2D eigenvalue weighted by Gasteiger charge is -2.32. The van der Waals surface area contributed by atoms with Gasteiger partial charge in [0.1, 0.15) is 34.1 Å². The number of nitrogen functional groups attached to an aromatic ring is 5. The number of likely N-dealkylation sites (N-methyl/N-ethyl adjacent to an activating group) is 1. The minimum absolute atomic E-state index is 0.000373. The SMILES string of the molecule is CN1CCN(C(=O)c2ccc(-c3ccncc3NC(=O)c3c(N)nn4cc(F)cnc34)cc2)CC1.COc1ccc(-c2ccncc2NC(=O)c2c(N)nn3cc(F)cnc23)cn1.Nc1nn2cc(F)cnc2c1C(=O)Nc1cnccc1-c1ccncc1.Nc1nn2cc(F)cnc2c1C(=O)Nc1cnccc1-c1ccnnc1.Nc1nn2cc(F)cnc2c1C(=O)Nc1cnccc1-c1cncnc1. The number of piperazine rings is 1. The Bertz CT molecular complexity index is 7680. The number of anilines is 10. The number of pyridine rings is 7. The first-order valence-electron chi connectivity index (χ1n) is 41.6. The van der Waals surface area contributed by atoms with Crippen molar-refractivity contribution < 1.29 is 55.5 Å². The molecule has 50 heteroatoms. The molecule has 1 saturated heterocycles. The van der Waals surface area contributed by atoms with E-state index < -0.39 is 58.6 Å². The van der Waals surface area contributed by atoms with Gasteiger partial charge in [-0.2, -0.15) is 10.2 Å². The molecule has 702 valence electrons. The van der Waals surface area contributed by atoms with Crippen molar-refractivity contribution in [2.45, 2.75) is 0 Å². The number of ether oxygens (including phenoxy) is 1. The molecule has 1 aliphatic heterocycles. The van der Waals surface area contributed by atoms with E-state index >= 15 is 0 Å². The normalized spacial score (nSPS) is 11.7. The molecule has 0 radical (unpaired) electrons. The Kier molecular flexibility index (Phi) is 27.0. The number of carbonyl (C=O) groups is 6. The Labute approximate surface area is 789 Å². The Balaban J connectivity index is 0.000000122. The van der Waals surface area contributed by atoms with E-state index in [0.29, 0.717) is 80.8 Å². The van der Waals surface area contributed by atoms with E-state index in [4.69, 9.17) is 33.4 Å². The van der Waals surface area contributed by atoms with Gasteiger partial charge in [0.25, 0.3) is 35.4 Å². The van der Waals surface area contributed by atoms with Gasteiger partial charge < -0.3 is 69.8 Å². The highest BCUT2D eigenvalue weighted by Crippen LogP contribution is 2.36. The predicted octanol–water partition coefficient (Wildman–Crippen LogP) is 9.59. The zero-order chi connectivity index (χ0) is 98.5. The first-order valence-corrected chi connectivity index (χ1v) is 41.6. The summed E-state index contributed by atoms with van der Waals surface area (Å²) in [5, 5.41) is 41.0. The van der Waals surface area contributed by atoms with Crippen molar-refractivity contribution in [2.24, 2.45) is 0 Å². The van der Waals surface area contributed by atoms with Gasteiger partial charge in [-0.1, -0.05) is 12.1 Å². The third-order valence-electron chi connectivity index (χ3n) is 21.1. The monoisotopic (exact) mass is 1900 g/mol. The van der Waals surface area contributed by atoms with E-state index in [1.807, 2.05) is 42.3 Å². The molecule has 0 unspecified atom stereocenters. The van der Waals surface area contributed by atoms with Gasteiger partial charge in [0.15, 0.2) is 86.4 Å². The van der Waals surface area contributed by atoms with Crippen LogP contribution >= 0.6 is 0 Å². The molecule has 0 saturated carbocycles. The van der Waals surface area contributed by atoms with Crippen molar-refractivity contribution in [3.8, 4) is 61.5 Å². The molecule has 1 aliphatic rings. The van der Waals surface area contributed by atoms with Crippen LogP contribution in [0.15, 0.2) is 259 Å². The summed E-state index contributed by atoms with van der Waals surface area (Å²) in [5.41, 5.74) is 40.5. The fourth-order valence-electron chi connectivity index (χ4n) is 14.5. The molecule has 1 fully saturated rings. The summed E-state index contributed by atoms with van der Waals surface area (Å²) < 4.78 is 77.3. The molecule has 141 heavy (non-hydrogen) atoms. The summed E-state index contributed by atoms with van der Waals surface area (Å²) in [6, 6.07) is 24.9. The number of nitrogens with zero attached hydrogens (tertiary/aromatic N) is 28. The van der Waals surface area contributed by atoms with Gasteiger partial charge >= 0.3 is 0 Å². The van der Waals surface area contributed by atoms with Crippen molar-refractivity contribution in [2.75, 3.05) is 95.6 Å². The summed E-state index contributed by atoms with van der Waals surface area (Å²) in [6.45, 7) is 3.11. The lowest BCUT2D eigenvalue weighted by Crippen LogP contribution is -2.47. The van der Waals surface area contributed by atoms with E-state index in [1.165, 1.54) is 44.4 Å². The number of hydrogen-bond donors (Lipinski definition) is 10. The number of halogens is 5. The van der Waals surface area contributed by atoms with Gasteiger partial charge in [0.2, 0.25) is 5.88 Å². The second kappa shape index (κ2) is 41.1. The largest absolute Gasteiger partial charge is 0.481 e. The van der Waals surface area contributed by atoms with E-state index in [0.717, 1.165) is 125 Å². The molecule has 1 aromatic carbocycles. The Morgan fingerprint density at radius 1 is 0.305 bits per heavy atom. The molecule has 45 nitrogen and oxygen atoms in total. The molecular formula is C91H71F5N38O7. The van der Waals surface area contributed by atoms with E-state index in [9.17, 15) is 50.7 Å². The molecule has 0 atom stereocenters. The highest BCUT2D eigenvalue weighted by molar-refractivity contribution is 6.16. The lowest BCUT2D eigenvalue weighted by molar-refractivity contribution is 0.0663. The molecule has 19 aromatic heterocycles. The smallest absolute Gasteiger partial charge is 0.263 e. The van der Waals surface area contributed by atoms with E-state index in [1.54, 1.807) is 129 Å². The van der Waals surface area contributed by atoms with Crippen molar-refractivity contribution in [1.82, 2.24) is 138 Å². The maximum Gasteiger partial charge on any atom is 0.263 e. The van der Waals surface area contributed by atoms with Crippen molar-refractivity contribution >= 4 is 121 Å². The minimum atomic E-state index is -0.601. The van der Waals surface area contributed by atoms with Crippen LogP contribution < -0.4 is 60.0 Å². The number of nitrogens with one attached hydrogen (secondary N) is 5. The van der Waals surface area contributed by atoms with Crippen molar-refractivity contribution in [3.05, 3.63) is 321 Å². The second-order valence-corrected chi connectivity index (χ2v) is 30.1. The number of rotatable bonds is 17. The van der Waals surface area contributed by atoms with Gasteiger partial charge in [-0.05, 0) is 84.9 Å². The Morgan fingerprint density at radius 3 is 0.915 bits per heavy atom. The van der Waals surface area contributed by atoms with E-state index in [2.05, 4.69) is 137 Å². The maximum atomic E-state index is 13.5. The van der Waals surface area contributed by atoms with Gasteiger partial charge in [-0.25, -0.2) is 84.4 Å². The van der Waals surface area contributed by atoms with Crippen LogP contribution in [0.5, 0.6) is 5.88 Å². The van der Waals surface area contributed by atoms with Crippen LogP contribution in [0.4, 0.5) is 79.5 Å². The average Bonchev–Trinajstić information content (AvgIpc) is 1.66. The zero-order valence-corrected chi connectivity index (χ0v) is 73.2. The summed E-state index contributed by atoms with van der Waals surface area (Å²) in [4.78, 5) is 137. The lowest BCUT2D eigenvalue weighted by atomic mass is 10.0. The minimum Gasteiger partial charge on any atom is -0.481 e. The summed E-state index contributed by atoms with van der Waals surface area (Å²) in [6.07, 6.45) is 38.7. The molecule has 0 aliphatic carbocycles. The third kappa shape index (κ3) is 20.6. The van der Waals surface area contributed by atoms with Crippen LogP contribution in [-0.4, -0.2) is 214 Å². The molecule has 21 rings (SSSR count). The summed E-state index contributed by atoms with van der Waals surface area (Å²) in [7, 11) is 3.57. The topological polar surface area (TPSA) is 601 Å². The number of methoxy groups -OCH3 is 1. The van der Waals surface area contributed by atoms with Gasteiger partial charge in [-0.15, -0.1) is 25.5 Å². The van der Waals surface area contributed by atoms with Gasteiger partial charge in [0.05, 0.1) is 141 Å². The zero-order valence-electron chi connectivity index (χ0n) is 73.2. The van der Waals surface area contributed by atoms with Crippen LogP contribution in [0, 0.1) is 29.1 Å². The number of carbonyl (C=O) groups excluding carboxylic acids is 6. The number of benzene rings is 1. The molecule has 20 aromatic rings. The number of hydrogen-bond acceptors (Lipinski definition) is 34. The van der Waals surface area contributed by atoms with Crippen LogP contribution in [0.2, 0.25) is 0 Å². The van der Waals surface area contributed by atoms with Crippen molar-refractivity contribution in [1.29, 1.82) is 0 Å². The first-order chi connectivity index (χ1) is 68.4. The number of aromatic nitrogens is 26. The van der Waals surface area contributed by atoms with Crippen LogP contribution in [0.3, 0.4) is 0 Å². The molecule has 20 heterocycles. The Morgan fingerprint density at radius 2 is 0.603 bits per heavy atom. The number of fused-ring (bicyclic) bond motifs is 5. The fourth-order valence-corrected chi connectivity index (χ4v) is 14.5. The standard InChI is InChI=1S/C24H23FN8O2.C18H14FN7O2.C17H12FN7O.2C16H11FN8O/c1-31-8-10-32(11-9-31)24(35)16-4-2-15(3-5-16)18-6-7-27-13-19(18)29-23(34)20-21(26)30-33-14-17(25)12-28-22(20)33;1-28-14-3-2-10(6-22-14)12-4-5-21-8-13(12)24-18(27)15-16(20)25-26-9-11(19)7-23-17(15)26;18-11-7-22-16-14(15(19)24-25(16)9-11)17(26)23-13-8-21-6-3-12(13)10-1-4-20-5-2-10;17-10-6-20-15-13(14(18)24-25(15)8-10)16(26)23-12-7-19-3-2-11(12)9-1-4-21-22-5-9;17-10-5-22-15-13(14(18)24-25(15)7-10)16(26)23-12-6-19-2-1-11(12)9-3-20-8-21-4-9/h2-7,12-14H,8-11H2,1H3,(H2,26,30)(H,29,34);2-9H,1H3,(H2,20,25)(H,24,27);1-9H,(H2,19,24)(H,23,26);2*1-8H,(H2,18,24)(H,23,26). The number of amides is 6. The molecule has 6 amide bonds. The van der Waals surface area contributed by atoms with Crippen LogP contribution in [-0.2, 0) is 0 Å². The highest BCUT2D eigenvalue weighted by Gasteiger charge is 2.29. The van der Waals surface area contributed by atoms with Crippen LogP contribution in [0.25, 0.3) is 83.9 Å². The number of nitrogens with two attached hydrogens (primary N) is 5. The third-order valence-corrected chi connectivity index (χ3v) is 21.1. The molecule has 15 N–H and O–H groups in total. The average molecular weight is 1900 g/mol. The van der Waals surface area contributed by atoms with Crippen molar-refractivity contribution in [3.63, 3.8) is 0 Å². The fraction of sp³-hybridized carbons (Fsp3) is 0.0659. The Hall–Kier alpha value is -20.2. The quantitative estimate of drug-likeness (QED) is 0.0379. The molecular weight excluding hydrogens is 1830 g/mol. The first kappa shape index (κ1) is 92.6. The molecule has 0 spiro atoms. The predicted molar refractivity (Wildman–Crippen MR) is 502 cm³/mol. The molecule has 0 bridgehead atoms. The highest BCUT2D eigenvalue weighted by atomic mass is 19.1. The van der Waals surface area contributed by atoms with E-state index in [-0.39, 0.29) is 91.0 Å².